The molecule has 4 rings (SSSR count). The first kappa shape index (κ1) is 22.6. The van der Waals surface area contributed by atoms with Gasteiger partial charge in [-0.2, -0.15) is 0 Å². The first-order valence-electron chi connectivity index (χ1n) is 12.8. The van der Waals surface area contributed by atoms with Crippen molar-refractivity contribution in [2.75, 3.05) is 0 Å². The summed E-state index contributed by atoms with van der Waals surface area (Å²) in [5.41, 5.74) is 1.73. The zero-order valence-electron chi connectivity index (χ0n) is 20.3. The zero-order valence-corrected chi connectivity index (χ0v) is 20.3. The summed E-state index contributed by atoms with van der Waals surface area (Å²) in [6.07, 6.45) is 14.6. The fourth-order valence-corrected chi connectivity index (χ4v) is 8.21. The summed E-state index contributed by atoms with van der Waals surface area (Å²) in [7, 11) is 0. The third-order valence-corrected chi connectivity index (χ3v) is 10.7. The summed E-state index contributed by atoms with van der Waals surface area (Å²) < 4.78 is 0. The molecule has 0 amide bonds. The van der Waals surface area contributed by atoms with E-state index in [1.54, 1.807) is 0 Å². The van der Waals surface area contributed by atoms with Gasteiger partial charge in [0.1, 0.15) is 0 Å². The molecule has 1 unspecified atom stereocenters. The molecule has 10 atom stereocenters. The minimum atomic E-state index is -0.197. The highest BCUT2D eigenvalue weighted by atomic mass is 16.3. The van der Waals surface area contributed by atoms with Gasteiger partial charge in [-0.05, 0) is 97.2 Å². The summed E-state index contributed by atoms with van der Waals surface area (Å²) in [6, 6.07) is 0. The van der Waals surface area contributed by atoms with Crippen molar-refractivity contribution < 1.29 is 10.2 Å². The van der Waals surface area contributed by atoms with Crippen molar-refractivity contribution in [1.29, 1.82) is 0 Å². The van der Waals surface area contributed by atoms with Crippen molar-refractivity contribution in [3.8, 4) is 0 Å². The van der Waals surface area contributed by atoms with Crippen LogP contribution in [0.4, 0.5) is 0 Å². The first-order valence-corrected chi connectivity index (χ1v) is 12.8. The number of rotatable bonds is 4. The lowest BCUT2D eigenvalue weighted by molar-refractivity contribution is -0.133. The lowest BCUT2D eigenvalue weighted by atomic mass is 9.46. The maximum absolute atomic E-state index is 11.6. The number of aliphatic hydroxyl groups excluding tert-OH is 2. The summed E-state index contributed by atoms with van der Waals surface area (Å²) in [5.74, 6) is 4.34. The van der Waals surface area contributed by atoms with Crippen LogP contribution in [0.25, 0.3) is 0 Å². The zero-order chi connectivity index (χ0) is 21.8. The van der Waals surface area contributed by atoms with E-state index in [4.69, 9.17) is 0 Å². The minimum absolute atomic E-state index is 0.0435. The Labute approximate surface area is 185 Å². The van der Waals surface area contributed by atoms with Gasteiger partial charge < -0.3 is 10.2 Å². The number of hydrogen-bond acceptors (Lipinski definition) is 2. The first-order chi connectivity index (χ1) is 14.1. The molecule has 0 radical (unpaired) electrons. The highest BCUT2D eigenvalue weighted by molar-refractivity contribution is 5.26. The Morgan fingerprint density at radius 1 is 1.00 bits per heavy atom. The van der Waals surface area contributed by atoms with Crippen molar-refractivity contribution in [3.63, 3.8) is 0 Å². The second-order valence-corrected chi connectivity index (χ2v) is 12.3. The van der Waals surface area contributed by atoms with Gasteiger partial charge in [0.25, 0.3) is 0 Å². The maximum Gasteiger partial charge on any atom is 0.0602 e. The molecule has 170 valence electrons. The summed E-state index contributed by atoms with van der Waals surface area (Å²) >= 11 is 0. The van der Waals surface area contributed by atoms with Gasteiger partial charge in [-0.15, -0.1) is 0 Å². The molecule has 0 aliphatic heterocycles. The average molecular weight is 415 g/mol. The number of allylic oxidation sites excluding steroid dienone is 3. The summed E-state index contributed by atoms with van der Waals surface area (Å²) in [6.45, 7) is 14.2. The van der Waals surface area contributed by atoms with Crippen molar-refractivity contribution in [3.05, 3.63) is 23.8 Å². The number of hydrogen-bond donors (Lipinski definition) is 2. The van der Waals surface area contributed by atoms with Crippen LogP contribution in [0.3, 0.4) is 0 Å². The summed E-state index contributed by atoms with van der Waals surface area (Å²) in [4.78, 5) is 0. The number of fused-ring (bicyclic) bond motifs is 5. The standard InChI is InChI=1S/C28H46O2/c1-17(2)18(3)7-8-19(4)23-11-12-24-22-10-9-20-15-21(29)13-14-27(20,5)25(22)16-26(30)28(23,24)6/h7-9,17-19,21-26,29-30H,10-16H2,1-6H3/b8-7+/t18-,19+,21-,22-,23+,24-,25-,26?,27-,28+/m0/s1. The van der Waals surface area contributed by atoms with Gasteiger partial charge in [0, 0.05) is 0 Å². The van der Waals surface area contributed by atoms with E-state index in [1.807, 2.05) is 0 Å². The second-order valence-electron chi connectivity index (χ2n) is 12.3. The van der Waals surface area contributed by atoms with Crippen LogP contribution in [-0.2, 0) is 0 Å². The van der Waals surface area contributed by atoms with Gasteiger partial charge >= 0.3 is 0 Å². The molecule has 4 aliphatic carbocycles. The Balaban J connectivity index is 1.58. The number of aliphatic hydroxyl groups is 2. The largest absolute Gasteiger partial charge is 0.393 e. The molecule has 2 N–H and O–H groups in total. The van der Waals surface area contributed by atoms with Crippen molar-refractivity contribution in [2.45, 2.75) is 98.7 Å². The molecule has 3 saturated carbocycles. The molecule has 0 bridgehead atoms. The molecule has 2 heteroatoms. The van der Waals surface area contributed by atoms with Gasteiger partial charge in [0.15, 0.2) is 0 Å². The van der Waals surface area contributed by atoms with Crippen LogP contribution >= 0.6 is 0 Å². The van der Waals surface area contributed by atoms with Crippen LogP contribution in [0.2, 0.25) is 0 Å². The van der Waals surface area contributed by atoms with E-state index in [0.29, 0.717) is 41.4 Å². The highest BCUT2D eigenvalue weighted by Crippen LogP contribution is 2.67. The lowest BCUT2D eigenvalue weighted by Gasteiger charge is -2.60. The Hall–Kier alpha value is -0.600. The predicted molar refractivity (Wildman–Crippen MR) is 125 cm³/mol. The molecule has 0 aromatic carbocycles. The molecule has 0 aromatic rings. The van der Waals surface area contributed by atoms with E-state index in [0.717, 1.165) is 32.1 Å². The normalized spacial score (nSPS) is 48.1. The maximum atomic E-state index is 11.6. The fourth-order valence-electron chi connectivity index (χ4n) is 8.21. The van der Waals surface area contributed by atoms with Crippen molar-refractivity contribution >= 4 is 0 Å². The topological polar surface area (TPSA) is 40.5 Å². The fraction of sp³-hybridized carbons (Fsp3) is 0.857. The van der Waals surface area contributed by atoms with Gasteiger partial charge in [0.2, 0.25) is 0 Å². The van der Waals surface area contributed by atoms with E-state index in [9.17, 15) is 10.2 Å². The smallest absolute Gasteiger partial charge is 0.0602 e. The molecule has 0 saturated heterocycles. The third-order valence-electron chi connectivity index (χ3n) is 10.7. The Morgan fingerprint density at radius 3 is 2.43 bits per heavy atom. The highest BCUT2D eigenvalue weighted by Gasteiger charge is 2.62. The van der Waals surface area contributed by atoms with Crippen LogP contribution in [0.15, 0.2) is 23.8 Å². The average Bonchev–Trinajstić information content (AvgIpc) is 3.06. The van der Waals surface area contributed by atoms with Crippen LogP contribution in [0, 0.1) is 52.3 Å². The lowest BCUT2D eigenvalue weighted by Crippen LogP contribution is -2.56. The second kappa shape index (κ2) is 8.07. The van der Waals surface area contributed by atoms with Crippen molar-refractivity contribution in [2.24, 2.45) is 52.3 Å². The SMILES string of the molecule is CC(C)[C@@H](C)/C=C/[C@@H](C)[C@H]1CC[C@H]2[C@@H]3CC=C4C[C@@H](O)CC[C@]4(C)[C@H]3CC(O)[C@]12C. The van der Waals surface area contributed by atoms with Gasteiger partial charge in [-0.3, -0.25) is 0 Å². The van der Waals surface area contributed by atoms with E-state index < -0.39 is 0 Å². The van der Waals surface area contributed by atoms with Crippen LogP contribution in [0.5, 0.6) is 0 Å². The van der Waals surface area contributed by atoms with Crippen LogP contribution < -0.4 is 0 Å². The van der Waals surface area contributed by atoms with E-state index in [1.165, 1.54) is 18.4 Å². The van der Waals surface area contributed by atoms with Crippen molar-refractivity contribution in [1.82, 2.24) is 0 Å². The van der Waals surface area contributed by atoms with Crippen LogP contribution in [-0.4, -0.2) is 22.4 Å². The molecule has 0 heterocycles. The molecular weight excluding hydrogens is 368 g/mol. The Kier molecular flexibility index (Phi) is 6.08. The molecular formula is C28H46O2. The van der Waals surface area contributed by atoms with Gasteiger partial charge in [0.05, 0.1) is 12.2 Å². The molecule has 0 spiro atoms. The summed E-state index contributed by atoms with van der Waals surface area (Å²) in [5, 5.41) is 21.9. The van der Waals surface area contributed by atoms with Gasteiger partial charge in [-0.25, -0.2) is 0 Å². The van der Waals surface area contributed by atoms with E-state index >= 15 is 0 Å². The third kappa shape index (κ3) is 3.45. The molecule has 0 aromatic heterocycles. The monoisotopic (exact) mass is 414 g/mol. The molecule has 3 fully saturated rings. The molecule has 30 heavy (non-hydrogen) atoms. The quantitative estimate of drug-likeness (QED) is 0.524. The molecule has 4 aliphatic rings. The molecule has 2 nitrogen and oxygen atoms in total. The van der Waals surface area contributed by atoms with Crippen LogP contribution in [0.1, 0.15) is 86.5 Å². The predicted octanol–water partition coefficient (Wildman–Crippen LogP) is 6.38. The van der Waals surface area contributed by atoms with E-state index in [2.05, 4.69) is 59.8 Å². The van der Waals surface area contributed by atoms with E-state index in [-0.39, 0.29) is 23.0 Å². The minimum Gasteiger partial charge on any atom is -0.393 e. The Bertz CT molecular complexity index is 693. The van der Waals surface area contributed by atoms with Gasteiger partial charge in [-0.1, -0.05) is 65.3 Å². The Morgan fingerprint density at radius 2 is 1.73 bits per heavy atom.